The quantitative estimate of drug-likeness (QED) is 0.387. The first kappa shape index (κ1) is 4.69. The molecule has 0 N–H and O–H groups in total. The molecule has 0 atom stereocenters. The maximum absolute atomic E-state index is 3.10. The molecule has 0 aliphatic carbocycles. The molecule has 3 radical (unpaired) electrons. The average molecular weight is 181 g/mol. The zero-order valence-corrected chi connectivity index (χ0v) is 5.19. The Balaban J connectivity index is 2.55. The van der Waals surface area contributed by atoms with Gasteiger partial charge in [-0.3, -0.25) is 0 Å². The molecular weight excluding hydrogens is 179 g/mol. The van der Waals surface area contributed by atoms with Crippen LogP contribution in [0.1, 0.15) is 0 Å². The number of hydrogen-bond donors (Lipinski definition) is 0. The van der Waals surface area contributed by atoms with Crippen molar-refractivity contribution in [1.82, 2.24) is 0 Å². The largest absolute Gasteiger partial charge is 0.0960 e. The van der Waals surface area contributed by atoms with Crippen LogP contribution < -0.4 is 0 Å². The van der Waals surface area contributed by atoms with E-state index in [4.69, 9.17) is 0 Å². The second kappa shape index (κ2) is 3.69. The molecule has 0 rings (SSSR count). The summed E-state index contributed by atoms with van der Waals surface area (Å²) in [4.78, 5) is 0. The maximum atomic E-state index is 3.10. The van der Waals surface area contributed by atoms with E-state index in [1.807, 2.05) is 4.08 Å². The van der Waals surface area contributed by atoms with Gasteiger partial charge in [-0.2, -0.15) is 0 Å². The summed E-state index contributed by atoms with van der Waals surface area (Å²) in [5.41, 5.74) is 1.79. The Bertz CT molecular complexity index is 21.2. The monoisotopic (exact) mass is 181 g/mol. The van der Waals surface area contributed by atoms with Crippen molar-refractivity contribution >= 4 is 32.8 Å². The molecule has 0 fully saturated rings. The summed E-state index contributed by atoms with van der Waals surface area (Å²) in [6, 6.07) is 0. The molecule has 0 spiro atoms. The van der Waals surface area contributed by atoms with E-state index < -0.39 is 0 Å². The molecule has 0 heterocycles. The van der Waals surface area contributed by atoms with Gasteiger partial charge in [0.1, 0.15) is 0 Å². The smallest absolute Gasteiger partial charge is 0.0607 e. The molecule has 0 saturated heterocycles. The first-order valence-electron chi connectivity index (χ1n) is 0.840. The van der Waals surface area contributed by atoms with Crippen molar-refractivity contribution in [3.63, 3.8) is 0 Å². The van der Waals surface area contributed by atoms with Crippen LogP contribution in [0, 0.1) is 0 Å². The summed E-state index contributed by atoms with van der Waals surface area (Å²) >= 11 is 2.12. The van der Waals surface area contributed by atoms with E-state index >= 15 is 0 Å². The molecule has 0 aromatic carbocycles. The Kier molecular flexibility index (Phi) is 4.32. The van der Waals surface area contributed by atoms with Crippen molar-refractivity contribution in [2.75, 3.05) is 0 Å². The van der Waals surface area contributed by atoms with Crippen molar-refractivity contribution in [2.45, 2.75) is 0 Å². The topological polar surface area (TPSA) is 0 Å². The molecule has 0 unspecified atom stereocenters. The Hall–Kier alpha value is 0.687. The van der Waals surface area contributed by atoms with Crippen LogP contribution in [0.5, 0.6) is 0 Å². The van der Waals surface area contributed by atoms with Crippen LogP contribution in [-0.4, -0.2) is 10.2 Å². The van der Waals surface area contributed by atoms with Gasteiger partial charge >= 0.3 is 0 Å². The Morgan fingerprint density at radius 1 is 1.75 bits per heavy atom. The van der Waals surface area contributed by atoms with Crippen LogP contribution in [0.2, 0.25) is 0 Å². The van der Waals surface area contributed by atoms with Crippen molar-refractivity contribution in [1.29, 1.82) is 0 Å². The standard InChI is InChI=1S/C2H2ISi/c3-1-2-4/h1-2H/b2-1-. The van der Waals surface area contributed by atoms with Gasteiger partial charge in [-0.05, 0) is 4.08 Å². The average Bonchev–Trinajstić information content (AvgIpc) is 1.37. The number of rotatable bonds is 0. The fraction of sp³-hybridized carbons (Fsp3) is 0. The van der Waals surface area contributed by atoms with E-state index in [1.54, 1.807) is 5.70 Å². The van der Waals surface area contributed by atoms with Crippen LogP contribution in [-0.2, 0) is 0 Å². The van der Waals surface area contributed by atoms with Crippen LogP contribution >= 0.6 is 22.6 Å². The molecule has 0 bridgehead atoms. The van der Waals surface area contributed by atoms with E-state index in [0.717, 1.165) is 0 Å². The number of halogens is 1. The highest BCUT2D eigenvalue weighted by molar-refractivity contribution is 14.1. The van der Waals surface area contributed by atoms with Gasteiger partial charge < -0.3 is 0 Å². The van der Waals surface area contributed by atoms with Crippen molar-refractivity contribution in [3.8, 4) is 0 Å². The predicted molar refractivity (Wildman–Crippen MR) is 28.9 cm³/mol. The minimum Gasteiger partial charge on any atom is -0.0960 e. The Morgan fingerprint density at radius 2 is 2.00 bits per heavy atom. The van der Waals surface area contributed by atoms with E-state index in [2.05, 4.69) is 32.8 Å². The van der Waals surface area contributed by atoms with E-state index in [-0.39, 0.29) is 0 Å². The third-order valence-corrected chi connectivity index (χ3v) is 1.27. The van der Waals surface area contributed by atoms with Gasteiger partial charge in [0, 0.05) is 0 Å². The molecule has 4 heavy (non-hydrogen) atoms. The fourth-order valence-electron chi connectivity index (χ4n) is 0. The molecule has 0 aromatic heterocycles. The lowest BCUT2D eigenvalue weighted by atomic mass is 11.3. The van der Waals surface area contributed by atoms with Gasteiger partial charge in [-0.1, -0.05) is 28.3 Å². The molecular formula is C2H2ISi. The highest BCUT2D eigenvalue weighted by atomic mass is 127. The summed E-state index contributed by atoms with van der Waals surface area (Å²) in [5, 5.41) is 0. The van der Waals surface area contributed by atoms with E-state index in [9.17, 15) is 0 Å². The second-order valence-electron chi connectivity index (χ2n) is 0.293. The van der Waals surface area contributed by atoms with Crippen molar-refractivity contribution in [3.05, 3.63) is 9.78 Å². The summed E-state index contributed by atoms with van der Waals surface area (Å²) in [7, 11) is 3.10. The van der Waals surface area contributed by atoms with Crippen LogP contribution in [0.15, 0.2) is 9.78 Å². The molecule has 0 nitrogen and oxygen atoms in total. The molecule has 0 saturated carbocycles. The van der Waals surface area contributed by atoms with Crippen LogP contribution in [0.3, 0.4) is 0 Å². The third-order valence-electron chi connectivity index (χ3n) is 0.0630. The second-order valence-corrected chi connectivity index (χ2v) is 1.35. The molecule has 0 aliphatic rings. The zero-order valence-electron chi connectivity index (χ0n) is 2.03. The highest BCUT2D eigenvalue weighted by Gasteiger charge is 1.38. The first-order chi connectivity index (χ1) is 1.91. The molecule has 21 valence electrons. The summed E-state index contributed by atoms with van der Waals surface area (Å²) in [5.74, 6) is 0. The molecule has 0 aliphatic heterocycles. The van der Waals surface area contributed by atoms with Gasteiger partial charge in [-0.15, -0.1) is 0 Å². The van der Waals surface area contributed by atoms with Gasteiger partial charge in [0.25, 0.3) is 0 Å². The number of hydrogen-bond acceptors (Lipinski definition) is 0. The lowest BCUT2D eigenvalue weighted by Crippen LogP contribution is -1.35. The summed E-state index contributed by atoms with van der Waals surface area (Å²) in [6.45, 7) is 0. The van der Waals surface area contributed by atoms with Crippen molar-refractivity contribution < 1.29 is 0 Å². The molecule has 2 heteroatoms. The zero-order chi connectivity index (χ0) is 3.41. The minimum absolute atomic E-state index is 1.79. The Labute approximate surface area is 42.8 Å². The summed E-state index contributed by atoms with van der Waals surface area (Å²) in [6.07, 6.45) is 0. The normalized spacial score (nSPS) is 9.50. The van der Waals surface area contributed by atoms with Crippen LogP contribution in [0.4, 0.5) is 0 Å². The van der Waals surface area contributed by atoms with Gasteiger partial charge in [0.15, 0.2) is 0 Å². The van der Waals surface area contributed by atoms with E-state index in [1.165, 1.54) is 0 Å². The fourth-order valence-corrected chi connectivity index (χ4v) is 0. The molecule has 0 aromatic rings. The van der Waals surface area contributed by atoms with Gasteiger partial charge in [0.2, 0.25) is 0 Å². The SMILES string of the molecule is [Si]/C=C\I. The first-order valence-corrected chi connectivity index (χ1v) is 2.66. The van der Waals surface area contributed by atoms with Crippen LogP contribution in [0.25, 0.3) is 0 Å². The predicted octanol–water partition coefficient (Wildman–Crippen LogP) is 1.06. The lowest BCUT2D eigenvalue weighted by molar-refractivity contribution is 2.60. The summed E-state index contributed by atoms with van der Waals surface area (Å²) < 4.78 is 1.88. The molecule has 0 amide bonds. The maximum Gasteiger partial charge on any atom is 0.0607 e. The lowest BCUT2D eigenvalue weighted by Gasteiger charge is -1.46. The van der Waals surface area contributed by atoms with Gasteiger partial charge in [0.05, 0.1) is 10.2 Å². The van der Waals surface area contributed by atoms with Crippen molar-refractivity contribution in [2.24, 2.45) is 0 Å². The van der Waals surface area contributed by atoms with Gasteiger partial charge in [-0.25, -0.2) is 0 Å². The minimum atomic E-state index is 1.79. The van der Waals surface area contributed by atoms with E-state index in [0.29, 0.717) is 0 Å². The third kappa shape index (κ3) is 2.69. The highest BCUT2D eigenvalue weighted by Crippen LogP contribution is 1.75. The Morgan fingerprint density at radius 3 is 2.00 bits per heavy atom.